The predicted octanol–water partition coefficient (Wildman–Crippen LogP) is 3.07. The maximum absolute atomic E-state index is 11.1. The number of non-ortho nitro benzene ring substituents is 1. The summed E-state index contributed by atoms with van der Waals surface area (Å²) < 4.78 is 1.71. The van der Waals surface area contributed by atoms with Crippen molar-refractivity contribution in [2.24, 2.45) is 0 Å². The smallest absolute Gasteiger partial charge is 0.270 e. The summed E-state index contributed by atoms with van der Waals surface area (Å²) in [6.07, 6.45) is 4.40. The number of hydrogen-bond donors (Lipinski definition) is 0. The van der Waals surface area contributed by atoms with Crippen LogP contribution in [0, 0.1) is 10.1 Å². The van der Waals surface area contributed by atoms with Gasteiger partial charge in [0.25, 0.3) is 5.69 Å². The van der Waals surface area contributed by atoms with Gasteiger partial charge in [-0.05, 0) is 6.42 Å². The molecule has 0 aliphatic carbocycles. The zero-order valence-corrected chi connectivity index (χ0v) is 11.2. The molecule has 6 heteroatoms. The van der Waals surface area contributed by atoms with Crippen LogP contribution >= 0.6 is 0 Å². The number of unbranched alkanes of at least 4 members (excludes halogenated alkanes) is 1. The topological polar surface area (TPSA) is 78.0 Å². The van der Waals surface area contributed by atoms with E-state index in [9.17, 15) is 14.9 Å². The third-order valence-corrected chi connectivity index (χ3v) is 2.99. The van der Waals surface area contributed by atoms with Crippen molar-refractivity contribution >= 4 is 12.0 Å². The van der Waals surface area contributed by atoms with E-state index < -0.39 is 4.92 Å². The standard InChI is InChI=1S/C14H15N3O3/c1-2-3-7-16-9-12(10-18)14(15-16)11-5-4-6-13(8-11)17(19)20/h4-6,8-10H,2-3,7H2,1H3. The normalized spacial score (nSPS) is 10.4. The van der Waals surface area contributed by atoms with Gasteiger partial charge in [0.1, 0.15) is 5.69 Å². The zero-order chi connectivity index (χ0) is 14.5. The number of nitro benzene ring substituents is 1. The number of aromatic nitrogens is 2. The van der Waals surface area contributed by atoms with Crippen LogP contribution in [0.2, 0.25) is 0 Å². The van der Waals surface area contributed by atoms with Crippen molar-refractivity contribution in [2.45, 2.75) is 26.3 Å². The molecule has 20 heavy (non-hydrogen) atoms. The van der Waals surface area contributed by atoms with E-state index in [1.165, 1.54) is 12.1 Å². The highest BCUT2D eigenvalue weighted by atomic mass is 16.6. The van der Waals surface area contributed by atoms with Crippen LogP contribution in [0.15, 0.2) is 30.5 Å². The molecule has 104 valence electrons. The number of nitro groups is 1. The number of carbonyl (C=O) groups is 1. The Bertz CT molecular complexity index is 634. The average Bonchev–Trinajstić information content (AvgIpc) is 2.88. The first-order chi connectivity index (χ1) is 9.65. The molecule has 0 N–H and O–H groups in total. The minimum absolute atomic E-state index is 0.0116. The van der Waals surface area contributed by atoms with Gasteiger partial charge >= 0.3 is 0 Å². The lowest BCUT2D eigenvalue weighted by Gasteiger charge is -1.99. The second kappa shape index (κ2) is 6.10. The summed E-state index contributed by atoms with van der Waals surface area (Å²) in [6, 6.07) is 6.15. The monoisotopic (exact) mass is 273 g/mol. The van der Waals surface area contributed by atoms with E-state index in [1.807, 2.05) is 0 Å². The van der Waals surface area contributed by atoms with Gasteiger partial charge in [-0.3, -0.25) is 19.6 Å². The van der Waals surface area contributed by atoms with Crippen LogP contribution in [0.25, 0.3) is 11.3 Å². The minimum Gasteiger partial charge on any atom is -0.298 e. The molecule has 0 atom stereocenters. The Balaban J connectivity index is 2.40. The van der Waals surface area contributed by atoms with Crippen LogP contribution in [-0.4, -0.2) is 21.0 Å². The van der Waals surface area contributed by atoms with E-state index in [1.54, 1.807) is 23.0 Å². The number of hydrogen-bond acceptors (Lipinski definition) is 4. The summed E-state index contributed by atoms with van der Waals surface area (Å²) >= 11 is 0. The highest BCUT2D eigenvalue weighted by Crippen LogP contribution is 2.25. The van der Waals surface area contributed by atoms with Gasteiger partial charge in [0, 0.05) is 30.4 Å². The first kappa shape index (κ1) is 13.9. The van der Waals surface area contributed by atoms with Crippen LogP contribution in [0.1, 0.15) is 30.1 Å². The zero-order valence-electron chi connectivity index (χ0n) is 11.2. The lowest BCUT2D eigenvalue weighted by molar-refractivity contribution is -0.384. The number of aldehydes is 1. The number of rotatable bonds is 6. The molecular formula is C14H15N3O3. The molecule has 0 aliphatic rings. The van der Waals surface area contributed by atoms with Crippen molar-refractivity contribution in [3.63, 3.8) is 0 Å². The molecule has 6 nitrogen and oxygen atoms in total. The molecule has 0 saturated carbocycles. The second-order valence-corrected chi connectivity index (χ2v) is 4.47. The molecule has 0 unspecified atom stereocenters. The fourth-order valence-electron chi connectivity index (χ4n) is 1.95. The summed E-state index contributed by atoms with van der Waals surface area (Å²) in [5.41, 5.74) is 1.50. The maximum Gasteiger partial charge on any atom is 0.270 e. The molecule has 1 heterocycles. The van der Waals surface area contributed by atoms with Gasteiger partial charge < -0.3 is 0 Å². The SMILES string of the molecule is CCCCn1cc(C=O)c(-c2cccc([N+](=O)[O-])c2)n1. The Labute approximate surface area is 116 Å². The molecule has 1 aromatic heterocycles. The molecule has 0 saturated heterocycles. The van der Waals surface area contributed by atoms with E-state index >= 15 is 0 Å². The Morgan fingerprint density at radius 1 is 1.45 bits per heavy atom. The predicted molar refractivity (Wildman–Crippen MR) is 74.6 cm³/mol. The van der Waals surface area contributed by atoms with E-state index in [-0.39, 0.29) is 5.69 Å². The number of carbonyl (C=O) groups excluding carboxylic acids is 1. The van der Waals surface area contributed by atoms with Crippen molar-refractivity contribution in [2.75, 3.05) is 0 Å². The molecule has 2 rings (SSSR count). The third-order valence-electron chi connectivity index (χ3n) is 2.99. The van der Waals surface area contributed by atoms with Gasteiger partial charge in [0.2, 0.25) is 0 Å². The number of aryl methyl sites for hydroxylation is 1. The summed E-state index contributed by atoms with van der Waals surface area (Å²) in [7, 11) is 0. The summed E-state index contributed by atoms with van der Waals surface area (Å²) in [5.74, 6) is 0. The van der Waals surface area contributed by atoms with Crippen molar-refractivity contribution in [3.8, 4) is 11.3 Å². The molecule has 0 radical (unpaired) electrons. The molecule has 0 amide bonds. The third kappa shape index (κ3) is 2.90. The van der Waals surface area contributed by atoms with Gasteiger partial charge in [-0.15, -0.1) is 0 Å². The first-order valence-electron chi connectivity index (χ1n) is 6.43. The first-order valence-corrected chi connectivity index (χ1v) is 6.43. The lowest BCUT2D eigenvalue weighted by atomic mass is 10.1. The largest absolute Gasteiger partial charge is 0.298 e. The van der Waals surface area contributed by atoms with Crippen molar-refractivity contribution in [3.05, 3.63) is 46.1 Å². The van der Waals surface area contributed by atoms with Gasteiger partial charge in [-0.1, -0.05) is 25.5 Å². The fraction of sp³-hybridized carbons (Fsp3) is 0.286. The molecule has 0 fully saturated rings. The van der Waals surface area contributed by atoms with Crippen molar-refractivity contribution < 1.29 is 9.72 Å². The van der Waals surface area contributed by atoms with Gasteiger partial charge in [0.05, 0.1) is 10.5 Å². The van der Waals surface area contributed by atoms with Gasteiger partial charge in [0.15, 0.2) is 6.29 Å². The van der Waals surface area contributed by atoms with E-state index in [4.69, 9.17) is 0 Å². The van der Waals surface area contributed by atoms with Crippen molar-refractivity contribution in [1.29, 1.82) is 0 Å². The molecule has 0 bridgehead atoms. The molecular weight excluding hydrogens is 258 g/mol. The summed E-state index contributed by atoms with van der Waals surface area (Å²) in [4.78, 5) is 21.5. The van der Waals surface area contributed by atoms with Gasteiger partial charge in [-0.2, -0.15) is 5.10 Å². The quantitative estimate of drug-likeness (QED) is 0.460. The summed E-state index contributed by atoms with van der Waals surface area (Å²) in [5, 5.41) is 15.1. The number of nitrogens with zero attached hydrogens (tertiary/aromatic N) is 3. The van der Waals surface area contributed by atoms with Crippen LogP contribution in [-0.2, 0) is 6.54 Å². The molecule has 1 aromatic carbocycles. The maximum atomic E-state index is 11.1. The van der Waals surface area contributed by atoms with Crippen molar-refractivity contribution in [1.82, 2.24) is 9.78 Å². The molecule has 2 aromatic rings. The van der Waals surface area contributed by atoms with Crippen LogP contribution in [0.3, 0.4) is 0 Å². The molecule has 0 aliphatic heterocycles. The highest BCUT2D eigenvalue weighted by molar-refractivity contribution is 5.85. The lowest BCUT2D eigenvalue weighted by Crippen LogP contribution is -1.98. The minimum atomic E-state index is -0.460. The Morgan fingerprint density at radius 3 is 2.90 bits per heavy atom. The Hall–Kier alpha value is -2.50. The van der Waals surface area contributed by atoms with Crippen LogP contribution in [0.4, 0.5) is 5.69 Å². The average molecular weight is 273 g/mol. The highest BCUT2D eigenvalue weighted by Gasteiger charge is 2.13. The molecule has 0 spiro atoms. The Kier molecular flexibility index (Phi) is 4.24. The van der Waals surface area contributed by atoms with Crippen LogP contribution < -0.4 is 0 Å². The van der Waals surface area contributed by atoms with E-state index in [0.717, 1.165) is 25.7 Å². The van der Waals surface area contributed by atoms with Gasteiger partial charge in [-0.25, -0.2) is 0 Å². The summed E-state index contributed by atoms with van der Waals surface area (Å²) in [6.45, 7) is 2.80. The fourth-order valence-corrected chi connectivity index (χ4v) is 1.95. The van der Waals surface area contributed by atoms with Crippen LogP contribution in [0.5, 0.6) is 0 Å². The van der Waals surface area contributed by atoms with E-state index in [2.05, 4.69) is 12.0 Å². The second-order valence-electron chi connectivity index (χ2n) is 4.47. The van der Waals surface area contributed by atoms with E-state index in [0.29, 0.717) is 16.8 Å². The Morgan fingerprint density at radius 2 is 2.25 bits per heavy atom. The number of benzene rings is 1.